The molecule has 0 aromatic heterocycles. The van der Waals surface area contributed by atoms with Crippen LogP contribution in [-0.2, 0) is 9.68 Å². The molecular weight excluding hydrogens is 182 g/mol. The van der Waals surface area contributed by atoms with Gasteiger partial charge in [0.15, 0.2) is 0 Å². The highest BCUT2D eigenvalue weighted by atomic mass is 17.1. The van der Waals surface area contributed by atoms with Gasteiger partial charge in [-0.25, -0.2) is 5.26 Å². The Kier molecular flexibility index (Phi) is 20.6. The van der Waals surface area contributed by atoms with Gasteiger partial charge in [0.2, 0.25) is 0 Å². The third kappa shape index (κ3) is 22.5. The maximum Gasteiger partial charge on any atom is 0.330 e. The second-order valence-corrected chi connectivity index (χ2v) is 3.11. The number of carbonyl (C=O) groups is 1. The van der Waals surface area contributed by atoms with Gasteiger partial charge in [-0.15, -0.1) is 0 Å². The third-order valence-corrected chi connectivity index (χ3v) is 1.85. The van der Waals surface area contributed by atoms with Crippen molar-refractivity contribution >= 4 is 6.47 Å². The van der Waals surface area contributed by atoms with Gasteiger partial charge < -0.3 is 10.6 Å². The van der Waals surface area contributed by atoms with Gasteiger partial charge in [0.1, 0.15) is 0 Å². The zero-order chi connectivity index (χ0) is 11.1. The Hall–Kier alpha value is -0.610. The summed E-state index contributed by atoms with van der Waals surface area (Å²) in [6, 6.07) is 0. The van der Waals surface area contributed by atoms with Crippen LogP contribution in [0, 0.1) is 0 Å². The first kappa shape index (κ1) is 15.8. The predicted octanol–water partition coefficient (Wildman–Crippen LogP) is 2.33. The van der Waals surface area contributed by atoms with Crippen LogP contribution in [0.3, 0.4) is 0 Å². The smallest absolute Gasteiger partial charge is 0.330 e. The minimum Gasteiger partial charge on any atom is -0.330 e. The van der Waals surface area contributed by atoms with Crippen molar-refractivity contribution < 1.29 is 14.9 Å². The summed E-state index contributed by atoms with van der Waals surface area (Å²) in [4.78, 5) is 11.6. The first-order valence-electron chi connectivity index (χ1n) is 5.27. The first-order chi connectivity index (χ1) is 6.83. The van der Waals surface area contributed by atoms with Crippen LogP contribution in [0.15, 0.2) is 0 Å². The van der Waals surface area contributed by atoms with E-state index >= 15 is 0 Å². The highest BCUT2D eigenvalue weighted by molar-refractivity contribution is 5.35. The lowest BCUT2D eigenvalue weighted by Crippen LogP contribution is -1.97. The minimum atomic E-state index is -0.0694. The second kappa shape index (κ2) is 18.2. The molecule has 0 aliphatic carbocycles. The van der Waals surface area contributed by atoms with E-state index in [2.05, 4.69) is 11.8 Å². The molecule has 0 aliphatic rings. The van der Waals surface area contributed by atoms with E-state index in [1.54, 1.807) is 0 Å². The number of unbranched alkanes of at least 4 members (excludes halogenated alkanes) is 6. The highest BCUT2D eigenvalue weighted by Gasteiger charge is 1.87. The summed E-state index contributed by atoms with van der Waals surface area (Å²) < 4.78 is 0. The van der Waals surface area contributed by atoms with E-state index < -0.39 is 0 Å². The molecule has 0 aromatic rings. The second-order valence-electron chi connectivity index (χ2n) is 3.11. The molecule has 0 bridgehead atoms. The van der Waals surface area contributed by atoms with E-state index in [1.165, 1.54) is 44.9 Å². The molecule has 0 unspecified atom stereocenters. The maximum absolute atomic E-state index is 8.70. The van der Waals surface area contributed by atoms with Gasteiger partial charge in [0, 0.05) is 0 Å². The third-order valence-electron chi connectivity index (χ3n) is 1.85. The average Bonchev–Trinajstić information content (AvgIpc) is 2.24. The van der Waals surface area contributed by atoms with Crippen molar-refractivity contribution in [1.82, 2.24) is 0 Å². The Morgan fingerprint density at radius 1 is 1.14 bits per heavy atom. The van der Waals surface area contributed by atoms with Crippen molar-refractivity contribution in [2.45, 2.75) is 51.9 Å². The number of rotatable bonds is 8. The Morgan fingerprint density at radius 2 is 1.57 bits per heavy atom. The Morgan fingerprint density at radius 3 is 1.93 bits per heavy atom. The van der Waals surface area contributed by atoms with Gasteiger partial charge in [0.25, 0.3) is 0 Å². The lowest BCUT2D eigenvalue weighted by molar-refractivity contribution is -0.217. The maximum atomic E-state index is 8.70. The van der Waals surface area contributed by atoms with Crippen LogP contribution in [0.25, 0.3) is 0 Å². The predicted molar refractivity (Wildman–Crippen MR) is 56.8 cm³/mol. The van der Waals surface area contributed by atoms with Crippen LogP contribution in [-0.4, -0.2) is 18.3 Å². The van der Waals surface area contributed by atoms with Crippen molar-refractivity contribution in [2.75, 3.05) is 6.54 Å². The lowest BCUT2D eigenvalue weighted by atomic mass is 10.1. The normalized spacial score (nSPS) is 8.79. The molecule has 0 aliphatic heterocycles. The van der Waals surface area contributed by atoms with Gasteiger partial charge in [-0.1, -0.05) is 45.4 Å². The van der Waals surface area contributed by atoms with Gasteiger partial charge in [0.05, 0.1) is 0 Å². The standard InChI is InChI=1S/C9H21N.CH2O3/c1-2-3-4-5-6-7-8-9-10;2-1-4-3/h2-10H2,1H3;1,3H. The van der Waals surface area contributed by atoms with Crippen molar-refractivity contribution in [3.05, 3.63) is 0 Å². The van der Waals surface area contributed by atoms with Gasteiger partial charge in [-0.2, -0.15) is 0 Å². The summed E-state index contributed by atoms with van der Waals surface area (Å²) in [7, 11) is 0. The fourth-order valence-electron chi connectivity index (χ4n) is 1.10. The molecule has 0 saturated carbocycles. The molecule has 0 atom stereocenters. The molecule has 0 amide bonds. The van der Waals surface area contributed by atoms with E-state index in [4.69, 9.17) is 15.8 Å². The van der Waals surface area contributed by atoms with Crippen molar-refractivity contribution in [3.8, 4) is 0 Å². The molecule has 14 heavy (non-hydrogen) atoms. The molecule has 3 N–H and O–H groups in total. The quantitative estimate of drug-likeness (QED) is 0.276. The topological polar surface area (TPSA) is 72.6 Å². The molecule has 0 fully saturated rings. The lowest BCUT2D eigenvalue weighted by Gasteiger charge is -1.97. The molecule has 0 rings (SSSR count). The largest absolute Gasteiger partial charge is 0.330 e. The summed E-state index contributed by atoms with van der Waals surface area (Å²) in [5.74, 6) is 0. The number of hydrogen-bond donors (Lipinski definition) is 2. The highest BCUT2D eigenvalue weighted by Crippen LogP contribution is 2.05. The van der Waals surface area contributed by atoms with Crippen LogP contribution < -0.4 is 5.73 Å². The molecule has 4 heteroatoms. The number of hydrogen-bond acceptors (Lipinski definition) is 4. The molecule has 0 heterocycles. The van der Waals surface area contributed by atoms with E-state index in [-0.39, 0.29) is 6.47 Å². The Labute approximate surface area is 86.4 Å². The van der Waals surface area contributed by atoms with E-state index in [9.17, 15) is 0 Å². The molecule has 0 radical (unpaired) electrons. The van der Waals surface area contributed by atoms with Crippen molar-refractivity contribution in [3.63, 3.8) is 0 Å². The molecule has 0 aromatic carbocycles. The average molecular weight is 205 g/mol. The van der Waals surface area contributed by atoms with Crippen molar-refractivity contribution in [2.24, 2.45) is 5.73 Å². The Balaban J connectivity index is 0. The zero-order valence-electron chi connectivity index (χ0n) is 9.08. The van der Waals surface area contributed by atoms with E-state index in [0.29, 0.717) is 0 Å². The van der Waals surface area contributed by atoms with Crippen LogP contribution in [0.1, 0.15) is 51.9 Å². The van der Waals surface area contributed by atoms with Crippen LogP contribution in [0.5, 0.6) is 0 Å². The fraction of sp³-hybridized carbons (Fsp3) is 0.900. The Bertz CT molecular complexity index is 91.4. The molecule has 0 spiro atoms. The summed E-state index contributed by atoms with van der Waals surface area (Å²) in [5, 5.41) is 7.01. The number of carbonyl (C=O) groups excluding carboxylic acids is 1. The van der Waals surface area contributed by atoms with E-state index in [0.717, 1.165) is 6.54 Å². The van der Waals surface area contributed by atoms with Gasteiger partial charge >= 0.3 is 6.47 Å². The number of nitrogens with two attached hydrogens (primary N) is 1. The van der Waals surface area contributed by atoms with Crippen molar-refractivity contribution in [1.29, 1.82) is 0 Å². The van der Waals surface area contributed by atoms with Crippen LogP contribution in [0.4, 0.5) is 0 Å². The fourth-order valence-corrected chi connectivity index (χ4v) is 1.10. The summed E-state index contributed by atoms with van der Waals surface area (Å²) in [6.45, 7) is 3.05. The van der Waals surface area contributed by atoms with Gasteiger partial charge in [-0.05, 0) is 13.0 Å². The molecular formula is C10H23NO3. The first-order valence-corrected chi connectivity index (χ1v) is 5.27. The summed E-state index contributed by atoms with van der Waals surface area (Å²) in [6.07, 6.45) is 9.51. The molecule has 4 nitrogen and oxygen atoms in total. The van der Waals surface area contributed by atoms with Crippen LogP contribution in [0.2, 0.25) is 0 Å². The molecule has 0 saturated heterocycles. The van der Waals surface area contributed by atoms with Crippen LogP contribution >= 0.6 is 0 Å². The minimum absolute atomic E-state index is 0.0694. The zero-order valence-corrected chi connectivity index (χ0v) is 9.08. The summed E-state index contributed by atoms with van der Waals surface area (Å²) in [5.41, 5.74) is 5.37. The SMILES string of the molecule is CCCCCCCCCN.O=COO. The summed E-state index contributed by atoms with van der Waals surface area (Å²) >= 11 is 0. The monoisotopic (exact) mass is 205 g/mol. The van der Waals surface area contributed by atoms with Gasteiger partial charge in [-0.3, -0.25) is 4.79 Å². The molecule has 86 valence electrons. The van der Waals surface area contributed by atoms with E-state index in [1.807, 2.05) is 0 Å².